The zero-order valence-corrected chi connectivity index (χ0v) is 13.0. The molecule has 3 nitrogen and oxygen atoms in total. The van der Waals surface area contributed by atoms with Crippen LogP contribution >= 0.6 is 27.5 Å². The highest BCUT2D eigenvalue weighted by atomic mass is 79.9. The summed E-state index contributed by atoms with van der Waals surface area (Å²) in [6.45, 7) is 0. The molecule has 21 heavy (non-hydrogen) atoms. The molecule has 0 aliphatic rings. The molecule has 0 amide bonds. The predicted molar refractivity (Wildman–Crippen MR) is 83.0 cm³/mol. The van der Waals surface area contributed by atoms with Gasteiger partial charge >= 0.3 is 0 Å². The number of para-hydroxylation sites is 1. The molecule has 3 rings (SSSR count). The summed E-state index contributed by atoms with van der Waals surface area (Å²) in [6.07, 6.45) is 0. The third-order valence-corrected chi connectivity index (χ3v) is 4.02. The molecular weight excluding hydrogens is 357 g/mol. The van der Waals surface area contributed by atoms with Crippen molar-refractivity contribution >= 4 is 38.6 Å². The second-order valence-electron chi connectivity index (χ2n) is 4.38. The van der Waals surface area contributed by atoms with Crippen molar-refractivity contribution in [2.24, 2.45) is 0 Å². The first-order chi connectivity index (χ1) is 10.2. The molecule has 6 heteroatoms. The average molecular weight is 365 g/mol. The number of nitrogens with zero attached hydrogens (tertiary/aromatic N) is 3. The van der Waals surface area contributed by atoms with E-state index < -0.39 is 0 Å². The number of benzene rings is 2. The van der Waals surface area contributed by atoms with E-state index in [9.17, 15) is 9.65 Å². The molecule has 0 fully saturated rings. The molecule has 0 saturated heterocycles. The Balaban J connectivity index is 2.39. The molecule has 0 atom stereocenters. The van der Waals surface area contributed by atoms with Gasteiger partial charge in [0.1, 0.15) is 23.2 Å². The summed E-state index contributed by atoms with van der Waals surface area (Å²) in [5.74, 6) is 0.450. The first kappa shape index (κ1) is 14.1. The fourth-order valence-electron chi connectivity index (χ4n) is 2.26. The Labute approximate surface area is 133 Å². The first-order valence-electron chi connectivity index (χ1n) is 6.07. The molecule has 0 bridgehead atoms. The Hall–Kier alpha value is -1.90. The lowest BCUT2D eigenvalue weighted by Gasteiger charge is -2.10. The van der Waals surface area contributed by atoms with Crippen LogP contribution in [-0.2, 0) is 5.88 Å². The van der Waals surface area contributed by atoms with Crippen LogP contribution in [0.5, 0.6) is 0 Å². The number of aromatic nitrogens is 2. The van der Waals surface area contributed by atoms with E-state index >= 15 is 0 Å². The molecular formula is C15H8BrClFN3. The zero-order chi connectivity index (χ0) is 15.0. The van der Waals surface area contributed by atoms with Gasteiger partial charge in [-0.2, -0.15) is 5.26 Å². The van der Waals surface area contributed by atoms with Gasteiger partial charge in [-0.25, -0.2) is 9.37 Å². The van der Waals surface area contributed by atoms with Crippen molar-refractivity contribution in [1.82, 2.24) is 9.55 Å². The monoisotopic (exact) mass is 363 g/mol. The van der Waals surface area contributed by atoms with Crippen molar-refractivity contribution in [1.29, 1.82) is 5.26 Å². The van der Waals surface area contributed by atoms with Crippen molar-refractivity contribution in [3.8, 4) is 11.8 Å². The van der Waals surface area contributed by atoms with Crippen LogP contribution in [0.4, 0.5) is 4.39 Å². The van der Waals surface area contributed by atoms with Gasteiger partial charge in [0.25, 0.3) is 0 Å². The van der Waals surface area contributed by atoms with Gasteiger partial charge in [-0.1, -0.05) is 6.07 Å². The highest BCUT2D eigenvalue weighted by Crippen LogP contribution is 2.29. The Bertz CT molecular complexity index is 882. The number of hydrogen-bond donors (Lipinski definition) is 0. The van der Waals surface area contributed by atoms with Crippen LogP contribution in [0.1, 0.15) is 11.4 Å². The Morgan fingerprint density at radius 2 is 2.14 bits per heavy atom. The Kier molecular flexibility index (Phi) is 3.66. The molecule has 1 aromatic heterocycles. The summed E-state index contributed by atoms with van der Waals surface area (Å²) in [6, 6.07) is 11.9. The zero-order valence-electron chi connectivity index (χ0n) is 10.6. The maximum Gasteiger partial charge on any atom is 0.129 e. The van der Waals surface area contributed by atoms with E-state index in [1.807, 2.05) is 10.6 Å². The molecule has 1 heterocycles. The largest absolute Gasteiger partial charge is 0.294 e. The minimum absolute atomic E-state index is 0.184. The van der Waals surface area contributed by atoms with Gasteiger partial charge in [-0.05, 0) is 46.3 Å². The summed E-state index contributed by atoms with van der Waals surface area (Å²) in [4.78, 5) is 4.44. The molecule has 0 aliphatic carbocycles. The number of alkyl halides is 1. The van der Waals surface area contributed by atoms with Crippen molar-refractivity contribution in [3.63, 3.8) is 0 Å². The number of nitriles is 1. The standard InChI is InChI=1S/C15H8BrClFN3/c16-11-6-10(18)4-5-12(11)21-13-3-1-2-9(8-19)15(13)20-14(21)7-17/h1-6H,7H2. The Morgan fingerprint density at radius 3 is 2.81 bits per heavy atom. The van der Waals surface area contributed by atoms with Gasteiger partial charge in [0.2, 0.25) is 0 Å². The topological polar surface area (TPSA) is 41.6 Å². The molecule has 0 radical (unpaired) electrons. The van der Waals surface area contributed by atoms with Gasteiger partial charge in [0.15, 0.2) is 0 Å². The molecule has 0 N–H and O–H groups in total. The van der Waals surface area contributed by atoms with Crippen LogP contribution in [0.15, 0.2) is 40.9 Å². The maximum absolute atomic E-state index is 13.3. The predicted octanol–water partition coefficient (Wildman–Crippen LogP) is 4.54. The minimum Gasteiger partial charge on any atom is -0.294 e. The average Bonchev–Trinajstić information content (AvgIpc) is 2.85. The van der Waals surface area contributed by atoms with Crippen molar-refractivity contribution in [2.45, 2.75) is 5.88 Å². The van der Waals surface area contributed by atoms with Crippen LogP contribution in [0.3, 0.4) is 0 Å². The summed E-state index contributed by atoms with van der Waals surface area (Å²) in [7, 11) is 0. The van der Waals surface area contributed by atoms with E-state index in [2.05, 4.69) is 27.0 Å². The van der Waals surface area contributed by atoms with Crippen molar-refractivity contribution < 1.29 is 4.39 Å². The highest BCUT2D eigenvalue weighted by Gasteiger charge is 2.16. The van der Waals surface area contributed by atoms with Gasteiger partial charge in [0, 0.05) is 4.47 Å². The van der Waals surface area contributed by atoms with Gasteiger partial charge in [-0.3, -0.25) is 4.57 Å². The first-order valence-corrected chi connectivity index (χ1v) is 7.40. The smallest absolute Gasteiger partial charge is 0.129 e. The van der Waals surface area contributed by atoms with E-state index in [0.29, 0.717) is 21.4 Å². The molecule has 3 aromatic rings. The van der Waals surface area contributed by atoms with Gasteiger partial charge in [-0.15, -0.1) is 11.6 Å². The maximum atomic E-state index is 13.3. The lowest BCUT2D eigenvalue weighted by Crippen LogP contribution is -2.00. The van der Waals surface area contributed by atoms with Crippen LogP contribution in [0.2, 0.25) is 0 Å². The number of rotatable bonds is 2. The van der Waals surface area contributed by atoms with E-state index in [1.165, 1.54) is 12.1 Å². The molecule has 104 valence electrons. The fourth-order valence-corrected chi connectivity index (χ4v) is 2.97. The Morgan fingerprint density at radius 1 is 1.33 bits per heavy atom. The van der Waals surface area contributed by atoms with E-state index in [-0.39, 0.29) is 11.7 Å². The van der Waals surface area contributed by atoms with E-state index in [1.54, 1.807) is 18.2 Å². The number of halogens is 3. The second kappa shape index (κ2) is 5.47. The molecule has 0 spiro atoms. The molecule has 0 saturated carbocycles. The number of imidazole rings is 1. The highest BCUT2D eigenvalue weighted by molar-refractivity contribution is 9.10. The SMILES string of the molecule is N#Cc1cccc2c1nc(CCl)n2-c1ccc(F)cc1Br. The van der Waals surface area contributed by atoms with Crippen LogP contribution in [0.25, 0.3) is 16.7 Å². The van der Waals surface area contributed by atoms with Gasteiger partial charge < -0.3 is 0 Å². The quantitative estimate of drug-likeness (QED) is 0.627. The van der Waals surface area contributed by atoms with Crippen molar-refractivity contribution in [3.05, 3.63) is 58.1 Å². The minimum atomic E-state index is -0.333. The lowest BCUT2D eigenvalue weighted by atomic mass is 10.2. The summed E-state index contributed by atoms with van der Waals surface area (Å²) in [5, 5.41) is 9.18. The van der Waals surface area contributed by atoms with Crippen LogP contribution < -0.4 is 0 Å². The summed E-state index contributed by atoms with van der Waals surface area (Å²) < 4.78 is 15.7. The van der Waals surface area contributed by atoms with Crippen LogP contribution in [0, 0.1) is 17.1 Å². The van der Waals surface area contributed by atoms with Gasteiger partial charge in [0.05, 0.1) is 22.6 Å². The summed E-state index contributed by atoms with van der Waals surface area (Å²) in [5.41, 5.74) is 2.56. The second-order valence-corrected chi connectivity index (χ2v) is 5.50. The summed E-state index contributed by atoms with van der Waals surface area (Å²) >= 11 is 9.33. The molecule has 2 aromatic carbocycles. The van der Waals surface area contributed by atoms with E-state index in [0.717, 1.165) is 11.2 Å². The van der Waals surface area contributed by atoms with Crippen LogP contribution in [-0.4, -0.2) is 9.55 Å². The number of hydrogen-bond acceptors (Lipinski definition) is 2. The van der Waals surface area contributed by atoms with E-state index in [4.69, 9.17) is 11.6 Å². The fraction of sp³-hybridized carbons (Fsp3) is 0.0667. The normalized spacial score (nSPS) is 10.8. The third kappa shape index (κ3) is 2.31. The third-order valence-electron chi connectivity index (χ3n) is 3.15. The molecule has 0 unspecified atom stereocenters. The number of fused-ring (bicyclic) bond motifs is 1. The molecule has 0 aliphatic heterocycles. The lowest BCUT2D eigenvalue weighted by molar-refractivity contribution is 0.626. The van der Waals surface area contributed by atoms with Crippen molar-refractivity contribution in [2.75, 3.05) is 0 Å².